The Balaban J connectivity index is 1.73. The molecule has 1 N–H and O–H groups in total. The van der Waals surface area contributed by atoms with E-state index in [-0.39, 0.29) is 24.1 Å². The summed E-state index contributed by atoms with van der Waals surface area (Å²) in [5.74, 6) is -0.0863. The second-order valence-corrected chi connectivity index (χ2v) is 7.85. The van der Waals surface area contributed by atoms with Gasteiger partial charge in [-0.1, -0.05) is 61.0 Å². The monoisotopic (exact) mass is 446 g/mol. The summed E-state index contributed by atoms with van der Waals surface area (Å²) >= 11 is 6.29. The number of hydrogen-bond donors (Lipinski definition) is 1. The van der Waals surface area contributed by atoms with Crippen LogP contribution in [0.25, 0.3) is 5.57 Å². The van der Waals surface area contributed by atoms with E-state index in [4.69, 9.17) is 16.3 Å². The number of halogens is 1. The van der Waals surface area contributed by atoms with Crippen molar-refractivity contribution >= 4 is 34.7 Å². The van der Waals surface area contributed by atoms with E-state index >= 15 is 0 Å². The average Bonchev–Trinajstić information content (AvgIpc) is 3.05. The van der Waals surface area contributed by atoms with Gasteiger partial charge < -0.3 is 10.1 Å². The number of nitrogens with zero attached hydrogens (tertiary/aromatic N) is 1. The molecular formula is C26H23ClN2O3. The maximum Gasteiger partial charge on any atom is 0.278 e. The predicted octanol–water partition coefficient (Wildman–Crippen LogP) is 5.30. The summed E-state index contributed by atoms with van der Waals surface area (Å²) < 4.78 is 5.23. The predicted molar refractivity (Wildman–Crippen MR) is 126 cm³/mol. The summed E-state index contributed by atoms with van der Waals surface area (Å²) in [4.78, 5) is 28.0. The molecule has 5 nitrogen and oxygen atoms in total. The van der Waals surface area contributed by atoms with Crippen molar-refractivity contribution < 1.29 is 14.3 Å². The second kappa shape index (κ2) is 9.28. The van der Waals surface area contributed by atoms with Gasteiger partial charge in [-0.15, -0.1) is 0 Å². The maximum absolute atomic E-state index is 13.4. The lowest BCUT2D eigenvalue weighted by Gasteiger charge is -2.16. The van der Waals surface area contributed by atoms with E-state index in [9.17, 15) is 9.59 Å². The molecule has 0 spiro atoms. The van der Waals surface area contributed by atoms with E-state index in [1.807, 2.05) is 42.5 Å². The van der Waals surface area contributed by atoms with Crippen molar-refractivity contribution in [2.75, 3.05) is 12.4 Å². The number of carbonyl (C=O) groups is 2. The van der Waals surface area contributed by atoms with Crippen molar-refractivity contribution in [1.29, 1.82) is 0 Å². The number of anilines is 1. The molecule has 0 aliphatic carbocycles. The summed E-state index contributed by atoms with van der Waals surface area (Å²) in [5.41, 5.74) is 3.84. The average molecular weight is 447 g/mol. The summed E-state index contributed by atoms with van der Waals surface area (Å²) in [6.45, 7) is 2.18. The van der Waals surface area contributed by atoms with Crippen molar-refractivity contribution in [1.82, 2.24) is 4.90 Å². The zero-order chi connectivity index (χ0) is 22.7. The number of carbonyl (C=O) groups excluding carboxylic acids is 2. The quantitative estimate of drug-likeness (QED) is 0.500. The SMILES string of the molecule is CCc1ccc(NC2=C(c3ccc(OC)cc3)C(=O)N(Cc3ccccc3Cl)C2=O)cc1. The van der Waals surface area contributed by atoms with Gasteiger partial charge in [0.1, 0.15) is 11.4 Å². The Morgan fingerprint density at radius 2 is 1.59 bits per heavy atom. The van der Waals surface area contributed by atoms with Gasteiger partial charge >= 0.3 is 0 Å². The largest absolute Gasteiger partial charge is 0.497 e. The molecule has 0 atom stereocenters. The Hall–Kier alpha value is -3.57. The van der Waals surface area contributed by atoms with Crippen molar-refractivity contribution in [3.8, 4) is 5.75 Å². The Morgan fingerprint density at radius 3 is 2.22 bits per heavy atom. The van der Waals surface area contributed by atoms with Crippen molar-refractivity contribution in [2.45, 2.75) is 19.9 Å². The minimum atomic E-state index is -0.389. The topological polar surface area (TPSA) is 58.6 Å². The van der Waals surface area contributed by atoms with E-state index in [2.05, 4.69) is 12.2 Å². The molecule has 3 aromatic carbocycles. The van der Waals surface area contributed by atoms with E-state index in [1.54, 1.807) is 37.4 Å². The fourth-order valence-corrected chi connectivity index (χ4v) is 3.82. The number of methoxy groups -OCH3 is 1. The molecule has 1 aliphatic rings. The van der Waals surface area contributed by atoms with Crippen LogP contribution in [0, 0.1) is 0 Å². The third-order valence-electron chi connectivity index (χ3n) is 5.46. The molecule has 3 aromatic rings. The van der Waals surface area contributed by atoms with Gasteiger partial charge in [-0.05, 0) is 53.4 Å². The number of benzene rings is 3. The van der Waals surface area contributed by atoms with Gasteiger partial charge in [-0.2, -0.15) is 0 Å². The molecule has 0 fully saturated rings. The lowest BCUT2D eigenvalue weighted by Crippen LogP contribution is -2.32. The highest BCUT2D eigenvalue weighted by molar-refractivity contribution is 6.36. The van der Waals surface area contributed by atoms with Gasteiger partial charge in [0.15, 0.2) is 0 Å². The van der Waals surface area contributed by atoms with Gasteiger partial charge in [0.05, 0.1) is 19.2 Å². The van der Waals surface area contributed by atoms with Crippen LogP contribution in [0.4, 0.5) is 5.69 Å². The number of amides is 2. The number of nitrogens with one attached hydrogen (secondary N) is 1. The first kappa shape index (κ1) is 21.7. The van der Waals surface area contributed by atoms with E-state index in [0.29, 0.717) is 27.5 Å². The van der Waals surface area contributed by atoms with Crippen LogP contribution >= 0.6 is 11.6 Å². The van der Waals surface area contributed by atoms with Crippen LogP contribution in [0.2, 0.25) is 5.02 Å². The van der Waals surface area contributed by atoms with Gasteiger partial charge in [0.25, 0.3) is 11.8 Å². The minimum Gasteiger partial charge on any atom is -0.497 e. The number of hydrogen-bond acceptors (Lipinski definition) is 4. The summed E-state index contributed by atoms with van der Waals surface area (Å²) in [6.07, 6.45) is 0.920. The van der Waals surface area contributed by atoms with Crippen LogP contribution in [0.1, 0.15) is 23.6 Å². The molecular weight excluding hydrogens is 424 g/mol. The first-order valence-electron chi connectivity index (χ1n) is 10.4. The Labute approximate surface area is 192 Å². The first-order chi connectivity index (χ1) is 15.5. The van der Waals surface area contributed by atoms with Crippen LogP contribution in [0.3, 0.4) is 0 Å². The van der Waals surface area contributed by atoms with Gasteiger partial charge in [0, 0.05) is 10.7 Å². The summed E-state index contributed by atoms with van der Waals surface area (Å²) in [7, 11) is 1.58. The fraction of sp³-hybridized carbons (Fsp3) is 0.154. The Bertz CT molecular complexity index is 1180. The molecule has 0 unspecified atom stereocenters. The highest BCUT2D eigenvalue weighted by Crippen LogP contribution is 2.33. The van der Waals surface area contributed by atoms with E-state index < -0.39 is 0 Å². The number of ether oxygens (including phenoxy) is 1. The molecule has 32 heavy (non-hydrogen) atoms. The molecule has 0 bridgehead atoms. The maximum atomic E-state index is 13.4. The molecule has 0 saturated carbocycles. The summed E-state index contributed by atoms with van der Waals surface area (Å²) in [5, 5.41) is 3.69. The third-order valence-corrected chi connectivity index (χ3v) is 5.83. The van der Waals surface area contributed by atoms with Crippen LogP contribution < -0.4 is 10.1 Å². The van der Waals surface area contributed by atoms with Gasteiger partial charge in [0.2, 0.25) is 0 Å². The van der Waals surface area contributed by atoms with Gasteiger partial charge in [-0.25, -0.2) is 0 Å². The first-order valence-corrected chi connectivity index (χ1v) is 10.7. The zero-order valence-corrected chi connectivity index (χ0v) is 18.6. The van der Waals surface area contributed by atoms with E-state index in [0.717, 1.165) is 12.1 Å². The summed E-state index contributed by atoms with van der Waals surface area (Å²) in [6, 6.07) is 22.1. The van der Waals surface area contributed by atoms with Crippen LogP contribution in [-0.4, -0.2) is 23.8 Å². The Morgan fingerprint density at radius 1 is 0.906 bits per heavy atom. The highest BCUT2D eigenvalue weighted by Gasteiger charge is 2.39. The third kappa shape index (κ3) is 4.25. The lowest BCUT2D eigenvalue weighted by atomic mass is 10.0. The Kier molecular flexibility index (Phi) is 6.28. The van der Waals surface area contributed by atoms with Crippen molar-refractivity contribution in [3.63, 3.8) is 0 Å². The molecule has 6 heteroatoms. The molecule has 4 rings (SSSR count). The molecule has 1 heterocycles. The molecule has 0 saturated heterocycles. The van der Waals surface area contributed by atoms with Crippen LogP contribution in [0.15, 0.2) is 78.5 Å². The van der Waals surface area contributed by atoms with E-state index in [1.165, 1.54) is 10.5 Å². The second-order valence-electron chi connectivity index (χ2n) is 7.44. The smallest absolute Gasteiger partial charge is 0.278 e. The normalized spacial score (nSPS) is 13.7. The van der Waals surface area contributed by atoms with Crippen LogP contribution in [-0.2, 0) is 22.6 Å². The number of imide groups is 1. The minimum absolute atomic E-state index is 0.0942. The molecule has 0 radical (unpaired) electrons. The standard InChI is InChI=1S/C26H23ClN2O3/c1-3-17-8-12-20(13-9-17)28-24-23(18-10-14-21(32-2)15-11-18)25(30)29(26(24)31)16-19-6-4-5-7-22(19)27/h4-15,28H,3,16H2,1-2H3. The van der Waals surface area contributed by atoms with Crippen molar-refractivity contribution in [2.24, 2.45) is 0 Å². The number of aryl methyl sites for hydroxylation is 1. The highest BCUT2D eigenvalue weighted by atomic mass is 35.5. The molecule has 162 valence electrons. The number of rotatable bonds is 7. The van der Waals surface area contributed by atoms with Crippen molar-refractivity contribution in [3.05, 3.63) is 100 Å². The fourth-order valence-electron chi connectivity index (χ4n) is 3.63. The zero-order valence-electron chi connectivity index (χ0n) is 17.9. The molecule has 0 aromatic heterocycles. The van der Waals surface area contributed by atoms with Crippen LogP contribution in [0.5, 0.6) is 5.75 Å². The lowest BCUT2D eigenvalue weighted by molar-refractivity contribution is -0.137. The van der Waals surface area contributed by atoms with Gasteiger partial charge in [-0.3, -0.25) is 14.5 Å². The molecule has 1 aliphatic heterocycles. The molecule has 2 amide bonds.